The molecule has 0 aromatic rings. The Morgan fingerprint density at radius 3 is 2.50 bits per heavy atom. The first-order chi connectivity index (χ1) is 7.59. The van der Waals surface area contributed by atoms with Crippen LogP contribution in [0.25, 0.3) is 0 Å². The maximum absolute atomic E-state index is 12.2. The van der Waals surface area contributed by atoms with Crippen LogP contribution in [0.3, 0.4) is 0 Å². The molecule has 0 bridgehead atoms. The first kappa shape index (κ1) is 13.7. The maximum atomic E-state index is 12.2. The Morgan fingerprint density at radius 2 is 2.00 bits per heavy atom. The molecule has 94 valence electrons. The molecule has 0 saturated heterocycles. The molecule has 1 rings (SSSR count). The zero-order valence-electron chi connectivity index (χ0n) is 10.3. The highest BCUT2D eigenvalue weighted by Crippen LogP contribution is 2.48. The third-order valence-corrected chi connectivity index (χ3v) is 4.34. The summed E-state index contributed by atoms with van der Waals surface area (Å²) in [4.78, 5) is 0. The van der Waals surface area contributed by atoms with Crippen molar-refractivity contribution < 1.29 is 13.6 Å². The van der Waals surface area contributed by atoms with E-state index < -0.39 is 7.60 Å². The van der Waals surface area contributed by atoms with Crippen LogP contribution in [-0.4, -0.2) is 43.7 Å². The molecular weight excluding hydrogens is 227 g/mol. The number of hydrogen-bond donors (Lipinski definition) is 0. The summed E-state index contributed by atoms with van der Waals surface area (Å²) in [5, 5.41) is 6.23. The van der Waals surface area contributed by atoms with Crippen molar-refractivity contribution >= 4 is 13.3 Å². The minimum absolute atomic E-state index is 0.318. The van der Waals surface area contributed by atoms with Gasteiger partial charge in [0.25, 0.3) is 0 Å². The highest BCUT2D eigenvalue weighted by Gasteiger charge is 2.27. The predicted octanol–water partition coefficient (Wildman–Crippen LogP) is 2.33. The molecule has 1 aliphatic heterocycles. The summed E-state index contributed by atoms with van der Waals surface area (Å²) in [5.74, 6) is 0. The topological polar surface area (TPSA) is 51.1 Å². The molecule has 0 N–H and O–H groups in total. The van der Waals surface area contributed by atoms with E-state index in [0.29, 0.717) is 19.4 Å². The van der Waals surface area contributed by atoms with Crippen molar-refractivity contribution in [1.29, 1.82) is 0 Å². The Bertz CT molecular complexity index is 284. The Kier molecular flexibility index (Phi) is 5.46. The van der Waals surface area contributed by atoms with Crippen LogP contribution in [0.1, 0.15) is 26.7 Å². The van der Waals surface area contributed by atoms with Crippen molar-refractivity contribution in [3.8, 4) is 0 Å². The van der Waals surface area contributed by atoms with Crippen LogP contribution in [0.4, 0.5) is 0 Å². The molecule has 0 unspecified atom stereocenters. The highest BCUT2D eigenvalue weighted by atomic mass is 31.2. The molecule has 6 heteroatoms. The smallest absolute Gasteiger partial charge is 0.309 e. The van der Waals surface area contributed by atoms with Gasteiger partial charge in [0, 0.05) is 13.6 Å². The minimum atomic E-state index is -2.97. The summed E-state index contributed by atoms with van der Waals surface area (Å²) in [6.07, 6.45) is 2.25. The number of nitrogens with zero attached hydrogens (tertiary/aromatic N) is 2. The van der Waals surface area contributed by atoms with Gasteiger partial charge in [0.05, 0.1) is 25.1 Å². The Morgan fingerprint density at radius 1 is 1.38 bits per heavy atom. The standard InChI is InChI=1S/C10H21N2O3P/c1-4-14-16(13,15-5-2)9-10-7-6-8-12(3)11-10/h4-9H2,1-3H3. The second-order valence-corrected chi connectivity index (χ2v) is 5.81. The van der Waals surface area contributed by atoms with E-state index in [1.807, 2.05) is 25.9 Å². The molecule has 0 aromatic carbocycles. The summed E-state index contributed by atoms with van der Waals surface area (Å²) in [7, 11) is -1.05. The molecule has 0 fully saturated rings. The van der Waals surface area contributed by atoms with E-state index in [4.69, 9.17) is 9.05 Å². The van der Waals surface area contributed by atoms with E-state index in [1.165, 1.54) is 0 Å². The minimum Gasteiger partial charge on any atom is -0.309 e. The third kappa shape index (κ3) is 4.24. The lowest BCUT2D eigenvalue weighted by Gasteiger charge is -2.23. The molecule has 0 atom stereocenters. The van der Waals surface area contributed by atoms with Crippen LogP contribution in [0.15, 0.2) is 5.10 Å². The van der Waals surface area contributed by atoms with Crippen molar-refractivity contribution in [2.45, 2.75) is 26.7 Å². The molecule has 16 heavy (non-hydrogen) atoms. The SMILES string of the molecule is CCOP(=O)(CC1=NN(C)CCC1)OCC. The average Bonchev–Trinajstić information content (AvgIpc) is 2.17. The Balaban J connectivity index is 2.64. The zero-order valence-corrected chi connectivity index (χ0v) is 11.2. The third-order valence-electron chi connectivity index (χ3n) is 2.29. The van der Waals surface area contributed by atoms with Crippen LogP contribution in [0, 0.1) is 0 Å². The van der Waals surface area contributed by atoms with Crippen molar-refractivity contribution in [2.75, 3.05) is 33.0 Å². The highest BCUT2D eigenvalue weighted by molar-refractivity contribution is 7.54. The molecule has 5 nitrogen and oxygen atoms in total. The second kappa shape index (κ2) is 6.38. The number of hydrazone groups is 1. The summed E-state index contributed by atoms with van der Waals surface area (Å²) >= 11 is 0. The van der Waals surface area contributed by atoms with Gasteiger partial charge in [-0.05, 0) is 26.7 Å². The first-order valence-electron chi connectivity index (χ1n) is 5.75. The van der Waals surface area contributed by atoms with E-state index in [9.17, 15) is 4.57 Å². The fraction of sp³-hybridized carbons (Fsp3) is 0.900. The molecule has 0 radical (unpaired) electrons. The summed E-state index contributed by atoms with van der Waals surface area (Å²) < 4.78 is 22.7. The molecule has 0 saturated carbocycles. The first-order valence-corrected chi connectivity index (χ1v) is 7.48. The maximum Gasteiger partial charge on any atom is 0.336 e. The number of hydrogen-bond acceptors (Lipinski definition) is 5. The Labute approximate surface area is 97.3 Å². The number of rotatable bonds is 6. The summed E-state index contributed by atoms with van der Waals surface area (Å²) in [6.45, 7) is 5.40. The van der Waals surface area contributed by atoms with Crippen LogP contribution in [-0.2, 0) is 13.6 Å². The lowest BCUT2D eigenvalue weighted by molar-refractivity contribution is 0.223. The molecule has 0 aliphatic carbocycles. The predicted molar refractivity (Wildman–Crippen MR) is 65.0 cm³/mol. The fourth-order valence-electron chi connectivity index (χ4n) is 1.71. The van der Waals surface area contributed by atoms with E-state index in [0.717, 1.165) is 25.1 Å². The van der Waals surface area contributed by atoms with Gasteiger partial charge in [0.15, 0.2) is 0 Å². The van der Waals surface area contributed by atoms with Gasteiger partial charge in [0.1, 0.15) is 0 Å². The van der Waals surface area contributed by atoms with Crippen molar-refractivity contribution in [3.63, 3.8) is 0 Å². The fourth-order valence-corrected chi connectivity index (χ4v) is 3.42. The van der Waals surface area contributed by atoms with Gasteiger partial charge in [-0.15, -0.1) is 0 Å². The van der Waals surface area contributed by atoms with Crippen molar-refractivity contribution in [3.05, 3.63) is 0 Å². The van der Waals surface area contributed by atoms with E-state index in [2.05, 4.69) is 5.10 Å². The van der Waals surface area contributed by atoms with Gasteiger partial charge < -0.3 is 14.1 Å². The lowest BCUT2D eigenvalue weighted by Crippen LogP contribution is -2.24. The molecule has 0 amide bonds. The van der Waals surface area contributed by atoms with Crippen molar-refractivity contribution in [2.24, 2.45) is 5.10 Å². The normalized spacial score (nSPS) is 17.4. The average molecular weight is 248 g/mol. The molecule has 0 aromatic heterocycles. The van der Waals surface area contributed by atoms with E-state index in [-0.39, 0.29) is 0 Å². The van der Waals surface area contributed by atoms with Crippen LogP contribution >= 0.6 is 7.60 Å². The zero-order chi connectivity index (χ0) is 12.0. The molecule has 1 aliphatic rings. The van der Waals surface area contributed by atoms with Gasteiger partial charge in [0.2, 0.25) is 0 Å². The van der Waals surface area contributed by atoms with Gasteiger partial charge >= 0.3 is 7.60 Å². The van der Waals surface area contributed by atoms with Crippen molar-refractivity contribution in [1.82, 2.24) is 5.01 Å². The van der Waals surface area contributed by atoms with Crippen LogP contribution in [0.5, 0.6) is 0 Å². The van der Waals surface area contributed by atoms with Gasteiger partial charge in [-0.1, -0.05) is 0 Å². The molecule has 0 spiro atoms. The van der Waals surface area contributed by atoms with Gasteiger partial charge in [-0.2, -0.15) is 5.10 Å². The van der Waals surface area contributed by atoms with Gasteiger partial charge in [-0.25, -0.2) is 0 Å². The monoisotopic (exact) mass is 248 g/mol. The lowest BCUT2D eigenvalue weighted by atomic mass is 10.2. The Hall–Kier alpha value is -0.380. The summed E-state index contributed by atoms with van der Waals surface area (Å²) in [6, 6.07) is 0. The largest absolute Gasteiger partial charge is 0.336 e. The van der Waals surface area contributed by atoms with E-state index >= 15 is 0 Å². The molecular formula is C10H21N2O3P. The van der Waals surface area contributed by atoms with Crippen LogP contribution < -0.4 is 0 Å². The van der Waals surface area contributed by atoms with Gasteiger partial charge in [-0.3, -0.25) is 4.57 Å². The summed E-state index contributed by atoms with van der Waals surface area (Å²) in [5.41, 5.74) is 0.916. The van der Waals surface area contributed by atoms with E-state index in [1.54, 1.807) is 0 Å². The second-order valence-electron chi connectivity index (χ2n) is 3.76. The van der Waals surface area contributed by atoms with Crippen LogP contribution in [0.2, 0.25) is 0 Å². The quantitative estimate of drug-likeness (QED) is 0.677. The molecule has 1 heterocycles.